The van der Waals surface area contributed by atoms with Crippen molar-refractivity contribution in [3.05, 3.63) is 60.2 Å². The zero-order valence-electron chi connectivity index (χ0n) is 13.5. The van der Waals surface area contributed by atoms with E-state index in [2.05, 4.69) is 11.9 Å². The van der Waals surface area contributed by atoms with E-state index in [1.54, 1.807) is 6.07 Å². The van der Waals surface area contributed by atoms with Gasteiger partial charge in [0.1, 0.15) is 5.75 Å². The molecule has 0 radical (unpaired) electrons. The summed E-state index contributed by atoms with van der Waals surface area (Å²) in [4.78, 5) is 16.4. The highest BCUT2D eigenvalue weighted by molar-refractivity contribution is 6.68. The molecule has 0 fully saturated rings. The molecule has 0 amide bonds. The van der Waals surface area contributed by atoms with Crippen molar-refractivity contribution in [3.63, 3.8) is 0 Å². The van der Waals surface area contributed by atoms with Crippen molar-refractivity contribution in [2.24, 2.45) is 0 Å². The Morgan fingerprint density at radius 3 is 2.58 bits per heavy atom. The highest BCUT2D eigenvalue weighted by Gasteiger charge is 2.12. The number of unbranched alkanes of at least 4 members (excludes halogenated alkanes) is 1. The van der Waals surface area contributed by atoms with Crippen LogP contribution in [0.2, 0.25) is 0 Å². The average molecular weight is 340 g/mol. The van der Waals surface area contributed by atoms with E-state index in [0.717, 1.165) is 47.4 Å². The second-order valence-corrected chi connectivity index (χ2v) is 5.92. The third kappa shape index (κ3) is 3.57. The van der Waals surface area contributed by atoms with E-state index in [0.29, 0.717) is 5.56 Å². The number of halogens is 1. The number of ether oxygens (including phenoxy) is 1. The lowest BCUT2D eigenvalue weighted by molar-refractivity contribution is 0.108. The van der Waals surface area contributed by atoms with E-state index in [4.69, 9.17) is 16.3 Å². The van der Waals surface area contributed by atoms with E-state index in [1.807, 2.05) is 48.5 Å². The molecule has 3 nitrogen and oxygen atoms in total. The van der Waals surface area contributed by atoms with Crippen LogP contribution < -0.4 is 4.74 Å². The first kappa shape index (κ1) is 16.5. The van der Waals surface area contributed by atoms with Crippen LogP contribution in [0.1, 0.15) is 30.1 Å². The van der Waals surface area contributed by atoms with Gasteiger partial charge >= 0.3 is 0 Å². The number of carbonyl (C=O) groups is 1. The average Bonchev–Trinajstić information content (AvgIpc) is 2.61. The Morgan fingerprint density at radius 2 is 1.88 bits per heavy atom. The lowest BCUT2D eigenvalue weighted by Crippen LogP contribution is -1.97. The summed E-state index contributed by atoms with van der Waals surface area (Å²) in [5.41, 5.74) is 2.86. The minimum Gasteiger partial charge on any atom is -0.494 e. The quantitative estimate of drug-likeness (QED) is 0.442. The van der Waals surface area contributed by atoms with Crippen LogP contribution in [-0.4, -0.2) is 16.8 Å². The van der Waals surface area contributed by atoms with Gasteiger partial charge in [0.05, 0.1) is 17.8 Å². The highest BCUT2D eigenvalue weighted by Crippen LogP contribution is 2.27. The van der Waals surface area contributed by atoms with Crippen LogP contribution in [0.15, 0.2) is 54.6 Å². The zero-order valence-corrected chi connectivity index (χ0v) is 14.2. The molecule has 0 unspecified atom stereocenters. The van der Waals surface area contributed by atoms with Crippen LogP contribution in [0, 0.1) is 0 Å². The second-order valence-electron chi connectivity index (χ2n) is 5.57. The van der Waals surface area contributed by atoms with Crippen molar-refractivity contribution in [1.82, 2.24) is 4.98 Å². The van der Waals surface area contributed by atoms with Gasteiger partial charge in [0, 0.05) is 16.5 Å². The third-order valence-electron chi connectivity index (χ3n) is 3.84. The summed E-state index contributed by atoms with van der Waals surface area (Å²) in [6.07, 6.45) is 2.14. The summed E-state index contributed by atoms with van der Waals surface area (Å²) in [6.45, 7) is 2.85. The number of carbonyl (C=O) groups excluding carboxylic acids is 1. The van der Waals surface area contributed by atoms with Gasteiger partial charge in [0.15, 0.2) is 0 Å². The van der Waals surface area contributed by atoms with Crippen LogP contribution in [0.25, 0.3) is 22.2 Å². The molecule has 0 aliphatic rings. The Labute approximate surface area is 146 Å². The predicted octanol–water partition coefficient (Wildman–Crippen LogP) is 5.46. The molecular formula is C20H18ClNO2. The monoisotopic (exact) mass is 339 g/mol. The topological polar surface area (TPSA) is 39.2 Å². The molecule has 2 aromatic carbocycles. The molecule has 0 bridgehead atoms. The lowest BCUT2D eigenvalue weighted by atomic mass is 10.0. The van der Waals surface area contributed by atoms with Crippen molar-refractivity contribution in [2.45, 2.75) is 19.8 Å². The molecule has 24 heavy (non-hydrogen) atoms. The first-order valence-electron chi connectivity index (χ1n) is 8.02. The summed E-state index contributed by atoms with van der Waals surface area (Å²) in [7, 11) is 0. The fourth-order valence-corrected chi connectivity index (χ4v) is 2.70. The third-order valence-corrected chi connectivity index (χ3v) is 4.05. The predicted molar refractivity (Wildman–Crippen MR) is 97.8 cm³/mol. The van der Waals surface area contributed by atoms with Crippen LogP contribution >= 0.6 is 11.6 Å². The van der Waals surface area contributed by atoms with Gasteiger partial charge in [-0.25, -0.2) is 4.98 Å². The number of pyridine rings is 1. The minimum absolute atomic E-state index is 0.473. The number of rotatable bonds is 6. The van der Waals surface area contributed by atoms with E-state index < -0.39 is 5.24 Å². The Hall–Kier alpha value is -2.39. The second kappa shape index (κ2) is 7.45. The molecule has 0 aliphatic carbocycles. The first-order chi connectivity index (χ1) is 11.7. The summed E-state index contributed by atoms with van der Waals surface area (Å²) >= 11 is 5.75. The maximum atomic E-state index is 11.8. The van der Waals surface area contributed by atoms with E-state index in [9.17, 15) is 4.79 Å². The van der Waals surface area contributed by atoms with Crippen molar-refractivity contribution < 1.29 is 9.53 Å². The fraction of sp³-hybridized carbons (Fsp3) is 0.200. The fourth-order valence-electron chi connectivity index (χ4n) is 2.54. The van der Waals surface area contributed by atoms with Gasteiger partial charge in [-0.2, -0.15) is 0 Å². The highest BCUT2D eigenvalue weighted by atomic mass is 35.5. The van der Waals surface area contributed by atoms with Gasteiger partial charge in [-0.3, -0.25) is 4.79 Å². The summed E-state index contributed by atoms with van der Waals surface area (Å²) in [6, 6.07) is 17.0. The van der Waals surface area contributed by atoms with Crippen LogP contribution in [0.5, 0.6) is 5.75 Å². The number of aromatic nitrogens is 1. The number of nitrogens with zero attached hydrogens (tertiary/aromatic N) is 1. The molecule has 0 aliphatic heterocycles. The largest absolute Gasteiger partial charge is 0.494 e. The molecule has 1 heterocycles. The van der Waals surface area contributed by atoms with Crippen molar-refractivity contribution in [3.8, 4) is 17.0 Å². The van der Waals surface area contributed by atoms with Gasteiger partial charge in [0.2, 0.25) is 0 Å². The number of para-hydroxylation sites is 1. The summed E-state index contributed by atoms with van der Waals surface area (Å²) < 4.78 is 5.67. The molecule has 0 N–H and O–H groups in total. The van der Waals surface area contributed by atoms with Crippen molar-refractivity contribution in [1.29, 1.82) is 0 Å². The molecule has 1 aromatic heterocycles. The molecule has 122 valence electrons. The van der Waals surface area contributed by atoms with Crippen LogP contribution in [0.3, 0.4) is 0 Å². The first-order valence-corrected chi connectivity index (χ1v) is 8.39. The number of hydrogen-bond donors (Lipinski definition) is 0. The lowest BCUT2D eigenvalue weighted by Gasteiger charge is -2.09. The van der Waals surface area contributed by atoms with Crippen molar-refractivity contribution >= 4 is 27.7 Å². The van der Waals surface area contributed by atoms with Crippen molar-refractivity contribution in [2.75, 3.05) is 6.61 Å². The van der Waals surface area contributed by atoms with Crippen LogP contribution in [0.4, 0.5) is 0 Å². The number of benzene rings is 2. The number of fused-ring (bicyclic) bond motifs is 1. The molecular weight excluding hydrogens is 322 g/mol. The molecule has 0 atom stereocenters. The van der Waals surface area contributed by atoms with Gasteiger partial charge in [-0.15, -0.1) is 0 Å². The molecule has 4 heteroatoms. The van der Waals surface area contributed by atoms with E-state index >= 15 is 0 Å². The SMILES string of the molecule is CCCCOc1ccc(-c2cc(C(=O)Cl)c3ccccc3n2)cc1. The van der Waals surface area contributed by atoms with Gasteiger partial charge in [0.25, 0.3) is 5.24 Å². The molecule has 0 saturated heterocycles. The Bertz CT molecular complexity index is 859. The van der Waals surface area contributed by atoms with Crippen LogP contribution in [-0.2, 0) is 0 Å². The van der Waals surface area contributed by atoms with Gasteiger partial charge in [-0.05, 0) is 54.4 Å². The standard InChI is InChI=1S/C20H18ClNO2/c1-2-3-12-24-15-10-8-14(9-11-15)19-13-17(20(21)23)16-6-4-5-7-18(16)22-19/h4-11,13H,2-3,12H2,1H3. The Balaban J connectivity index is 1.95. The van der Waals surface area contributed by atoms with E-state index in [1.165, 1.54) is 0 Å². The smallest absolute Gasteiger partial charge is 0.253 e. The Morgan fingerprint density at radius 1 is 1.12 bits per heavy atom. The molecule has 3 aromatic rings. The maximum absolute atomic E-state index is 11.8. The maximum Gasteiger partial charge on any atom is 0.253 e. The molecule has 3 rings (SSSR count). The summed E-state index contributed by atoms with van der Waals surface area (Å²) in [5, 5.41) is 0.287. The van der Waals surface area contributed by atoms with Gasteiger partial charge in [-0.1, -0.05) is 31.5 Å². The van der Waals surface area contributed by atoms with E-state index in [-0.39, 0.29) is 0 Å². The molecule has 0 spiro atoms. The number of hydrogen-bond acceptors (Lipinski definition) is 3. The zero-order chi connectivity index (χ0) is 16.9. The Kier molecular flexibility index (Phi) is 5.11. The van der Waals surface area contributed by atoms with Gasteiger partial charge < -0.3 is 4.74 Å². The minimum atomic E-state index is -0.477. The molecule has 0 saturated carbocycles. The summed E-state index contributed by atoms with van der Waals surface area (Å²) in [5.74, 6) is 0.835. The normalized spacial score (nSPS) is 10.8.